The maximum atomic E-state index is 12.0. The van der Waals surface area contributed by atoms with E-state index in [0.29, 0.717) is 18.3 Å². The van der Waals surface area contributed by atoms with Crippen molar-refractivity contribution >= 4 is 17.6 Å². The second-order valence-corrected chi connectivity index (χ2v) is 7.25. The SMILES string of the molecule is C[C@H]1CCCNC(=O)O[C@@H]2CC[C@@H](C2)c2cc(n[nH]2)Nc2ccnc(c2)O1. The number of alkyl carbamates (subject to hydrolysis) is 1. The zero-order valence-corrected chi connectivity index (χ0v) is 15.4. The fraction of sp³-hybridized carbons (Fsp3) is 0.526. The van der Waals surface area contributed by atoms with Gasteiger partial charge >= 0.3 is 6.09 Å². The Bertz CT molecular complexity index is 793. The van der Waals surface area contributed by atoms with Gasteiger partial charge in [0.2, 0.25) is 5.88 Å². The van der Waals surface area contributed by atoms with Crippen LogP contribution in [0.25, 0.3) is 0 Å². The van der Waals surface area contributed by atoms with Crippen molar-refractivity contribution in [3.05, 3.63) is 30.1 Å². The first kappa shape index (κ1) is 17.6. The number of nitrogens with one attached hydrogen (secondary N) is 3. The van der Waals surface area contributed by atoms with E-state index in [1.54, 1.807) is 6.20 Å². The summed E-state index contributed by atoms with van der Waals surface area (Å²) in [4.78, 5) is 16.3. The molecule has 8 heteroatoms. The van der Waals surface area contributed by atoms with Gasteiger partial charge in [0.05, 0.1) is 6.10 Å². The Balaban J connectivity index is 1.53. The quantitative estimate of drug-likeness (QED) is 0.655. The van der Waals surface area contributed by atoms with Crippen molar-refractivity contribution in [2.75, 3.05) is 11.9 Å². The molecule has 1 fully saturated rings. The van der Waals surface area contributed by atoms with Gasteiger partial charge in [-0.1, -0.05) is 0 Å². The Labute approximate surface area is 158 Å². The number of hydrogen-bond donors (Lipinski definition) is 3. The summed E-state index contributed by atoms with van der Waals surface area (Å²) in [6.45, 7) is 2.57. The molecule has 3 atom stereocenters. The molecular formula is C19H25N5O3. The lowest BCUT2D eigenvalue weighted by Gasteiger charge is -2.16. The van der Waals surface area contributed by atoms with Crippen LogP contribution >= 0.6 is 0 Å². The molecule has 4 rings (SSSR count). The molecule has 1 saturated carbocycles. The van der Waals surface area contributed by atoms with Crippen molar-refractivity contribution in [1.29, 1.82) is 0 Å². The average Bonchev–Trinajstić information content (AvgIpc) is 3.28. The van der Waals surface area contributed by atoms with E-state index in [9.17, 15) is 4.79 Å². The molecule has 0 spiro atoms. The smallest absolute Gasteiger partial charge is 0.407 e. The Morgan fingerprint density at radius 1 is 1.19 bits per heavy atom. The molecule has 6 bridgehead atoms. The van der Waals surface area contributed by atoms with Gasteiger partial charge in [-0.25, -0.2) is 9.78 Å². The second-order valence-electron chi connectivity index (χ2n) is 7.25. The number of H-pyrrole nitrogens is 1. The summed E-state index contributed by atoms with van der Waals surface area (Å²) in [7, 11) is 0. The minimum atomic E-state index is -0.336. The number of carbonyl (C=O) groups excluding carboxylic acids is 1. The lowest BCUT2D eigenvalue weighted by molar-refractivity contribution is 0.0996. The Morgan fingerprint density at radius 2 is 2.11 bits per heavy atom. The van der Waals surface area contributed by atoms with E-state index < -0.39 is 0 Å². The monoisotopic (exact) mass is 371 g/mol. The molecule has 3 heterocycles. The third-order valence-corrected chi connectivity index (χ3v) is 5.08. The summed E-state index contributed by atoms with van der Waals surface area (Å²) < 4.78 is 11.4. The molecule has 27 heavy (non-hydrogen) atoms. The fourth-order valence-electron chi connectivity index (χ4n) is 3.68. The van der Waals surface area contributed by atoms with Gasteiger partial charge in [-0.3, -0.25) is 5.10 Å². The van der Waals surface area contributed by atoms with Gasteiger partial charge in [-0.2, -0.15) is 5.10 Å². The molecule has 0 unspecified atom stereocenters. The van der Waals surface area contributed by atoms with Crippen LogP contribution in [0, 0.1) is 0 Å². The van der Waals surface area contributed by atoms with Gasteiger partial charge < -0.3 is 20.1 Å². The van der Waals surface area contributed by atoms with Crippen LogP contribution in [0.1, 0.15) is 50.6 Å². The highest BCUT2D eigenvalue weighted by atomic mass is 16.6. The van der Waals surface area contributed by atoms with Crippen molar-refractivity contribution in [2.24, 2.45) is 0 Å². The standard InChI is InChI=1S/C19H25N5O3/c1-12-3-2-7-21-19(25)27-15-5-4-13(9-15)16-11-17(24-23-16)22-14-6-8-20-18(10-14)26-12/h6,8,10-13,15H,2-5,7,9H2,1H3,(H,21,25)(H2,22,23,24)/t12-,13-,15+/m0/s1. The first-order valence-electron chi connectivity index (χ1n) is 9.55. The van der Waals surface area contributed by atoms with Crippen LogP contribution in [0.4, 0.5) is 16.3 Å². The number of rotatable bonds is 0. The average molecular weight is 371 g/mol. The minimum absolute atomic E-state index is 0.00275. The van der Waals surface area contributed by atoms with Crippen LogP contribution in [-0.2, 0) is 4.74 Å². The zero-order valence-electron chi connectivity index (χ0n) is 15.4. The zero-order chi connectivity index (χ0) is 18.6. The lowest BCUT2D eigenvalue weighted by Crippen LogP contribution is -2.29. The number of hydrogen-bond acceptors (Lipinski definition) is 6. The number of ether oxygens (including phenoxy) is 2. The summed E-state index contributed by atoms with van der Waals surface area (Å²) in [6, 6.07) is 5.77. The predicted octanol–water partition coefficient (Wildman–Crippen LogP) is 3.47. The number of aromatic amines is 1. The molecular weight excluding hydrogens is 346 g/mol. The normalized spacial score (nSPS) is 26.0. The highest BCUT2D eigenvalue weighted by Crippen LogP contribution is 2.36. The maximum Gasteiger partial charge on any atom is 0.407 e. The van der Waals surface area contributed by atoms with Crippen molar-refractivity contribution in [3.8, 4) is 5.88 Å². The number of fused-ring (bicyclic) bond motifs is 7. The largest absolute Gasteiger partial charge is 0.475 e. The molecule has 1 aliphatic carbocycles. The van der Waals surface area contributed by atoms with Gasteiger partial charge in [0.25, 0.3) is 0 Å². The van der Waals surface area contributed by atoms with Crippen LogP contribution < -0.4 is 15.4 Å². The Kier molecular flexibility index (Phi) is 5.13. The highest BCUT2D eigenvalue weighted by molar-refractivity contribution is 5.67. The van der Waals surface area contributed by atoms with E-state index in [4.69, 9.17) is 9.47 Å². The van der Waals surface area contributed by atoms with E-state index >= 15 is 0 Å². The van der Waals surface area contributed by atoms with Crippen molar-refractivity contribution in [1.82, 2.24) is 20.5 Å². The molecule has 1 amide bonds. The summed E-state index contributed by atoms with van der Waals surface area (Å²) >= 11 is 0. The van der Waals surface area contributed by atoms with Crippen LogP contribution in [0.15, 0.2) is 24.4 Å². The number of pyridine rings is 1. The third kappa shape index (κ3) is 4.50. The van der Waals surface area contributed by atoms with Gasteiger partial charge in [0.1, 0.15) is 6.10 Å². The molecule has 2 aromatic rings. The van der Waals surface area contributed by atoms with Crippen LogP contribution in [-0.4, -0.2) is 40.0 Å². The van der Waals surface area contributed by atoms with Crippen molar-refractivity contribution in [3.63, 3.8) is 0 Å². The molecule has 0 radical (unpaired) electrons. The molecule has 2 aromatic heterocycles. The topological polar surface area (TPSA) is 101 Å². The van der Waals surface area contributed by atoms with Crippen molar-refractivity contribution < 1.29 is 14.3 Å². The van der Waals surface area contributed by atoms with Crippen LogP contribution in [0.3, 0.4) is 0 Å². The van der Waals surface area contributed by atoms with Crippen LogP contribution in [0.5, 0.6) is 5.88 Å². The first-order valence-corrected chi connectivity index (χ1v) is 9.55. The summed E-state index contributed by atoms with van der Waals surface area (Å²) in [5.41, 5.74) is 1.94. The summed E-state index contributed by atoms with van der Waals surface area (Å²) in [5, 5.41) is 13.6. The van der Waals surface area contributed by atoms with Crippen LogP contribution in [0.2, 0.25) is 0 Å². The number of anilines is 2. The molecule has 8 nitrogen and oxygen atoms in total. The molecule has 144 valence electrons. The molecule has 1 aliphatic heterocycles. The van der Waals surface area contributed by atoms with Gasteiger partial charge in [0.15, 0.2) is 5.82 Å². The van der Waals surface area contributed by atoms with E-state index in [1.165, 1.54) is 0 Å². The summed E-state index contributed by atoms with van der Waals surface area (Å²) in [6.07, 6.45) is 5.63. The molecule has 2 aliphatic rings. The molecule has 3 N–H and O–H groups in total. The van der Waals surface area contributed by atoms with Crippen molar-refractivity contribution in [2.45, 2.75) is 57.2 Å². The van der Waals surface area contributed by atoms with E-state index in [-0.39, 0.29) is 18.3 Å². The van der Waals surface area contributed by atoms with Gasteiger partial charge in [-0.15, -0.1) is 0 Å². The molecule has 0 saturated heterocycles. The first-order chi connectivity index (χ1) is 13.2. The van der Waals surface area contributed by atoms with Gasteiger partial charge in [0, 0.05) is 42.2 Å². The van der Waals surface area contributed by atoms with Gasteiger partial charge in [-0.05, 0) is 45.1 Å². The maximum absolute atomic E-state index is 12.0. The Hall–Kier alpha value is -2.77. The predicted molar refractivity (Wildman–Crippen MR) is 100 cm³/mol. The number of amides is 1. The second kappa shape index (κ2) is 7.85. The van der Waals surface area contributed by atoms with E-state index in [2.05, 4.69) is 25.8 Å². The minimum Gasteiger partial charge on any atom is -0.475 e. The fourth-order valence-corrected chi connectivity index (χ4v) is 3.68. The van der Waals surface area contributed by atoms with E-state index in [0.717, 1.165) is 49.3 Å². The van der Waals surface area contributed by atoms with E-state index in [1.807, 2.05) is 25.1 Å². The third-order valence-electron chi connectivity index (χ3n) is 5.08. The summed E-state index contributed by atoms with van der Waals surface area (Å²) in [5.74, 6) is 1.63. The number of aromatic nitrogens is 3. The lowest BCUT2D eigenvalue weighted by atomic mass is 10.0. The highest BCUT2D eigenvalue weighted by Gasteiger charge is 2.30. The number of carbonyl (C=O) groups is 1. The number of nitrogens with zero attached hydrogens (tertiary/aromatic N) is 2. The molecule has 0 aromatic carbocycles. The Morgan fingerprint density at radius 3 is 3.04 bits per heavy atom.